The van der Waals surface area contributed by atoms with E-state index in [0.717, 1.165) is 51.4 Å². The lowest BCUT2D eigenvalue weighted by atomic mass is 9.95. The number of carboxylic acid groups (broad SMARTS) is 1. The summed E-state index contributed by atoms with van der Waals surface area (Å²) in [5.74, 6) is -2.40. The normalized spacial score (nSPS) is 20.5. The van der Waals surface area contributed by atoms with Crippen LogP contribution in [0.25, 0.3) is 10.9 Å². The summed E-state index contributed by atoms with van der Waals surface area (Å²) >= 11 is 0. The predicted octanol–water partition coefficient (Wildman–Crippen LogP) is 4.57. The summed E-state index contributed by atoms with van der Waals surface area (Å²) in [7, 11) is 1.28. The minimum Gasteiger partial charge on any atom is -0.480 e. The van der Waals surface area contributed by atoms with Crippen molar-refractivity contribution in [3.05, 3.63) is 36.0 Å². The maximum absolute atomic E-state index is 14.1. The average Bonchev–Trinajstić information content (AvgIpc) is 3.69. The molecule has 12 nitrogen and oxygen atoms in total. The van der Waals surface area contributed by atoms with Crippen LogP contribution in [0.5, 0.6) is 0 Å². The van der Waals surface area contributed by atoms with Gasteiger partial charge in [-0.1, -0.05) is 50.8 Å². The number of urea groups is 1. The molecule has 1 aliphatic carbocycles. The number of carbonyl (C=O) groups is 5. The summed E-state index contributed by atoms with van der Waals surface area (Å²) in [6.07, 6.45) is 8.78. The quantitative estimate of drug-likeness (QED) is 0.265. The summed E-state index contributed by atoms with van der Waals surface area (Å²) < 4.78 is 6.29. The number of hydrogen-bond donors (Lipinski definition) is 4. The summed E-state index contributed by atoms with van der Waals surface area (Å²) in [6.45, 7) is 5.97. The molecule has 2 fully saturated rings. The Labute approximate surface area is 270 Å². The number of benzene rings is 1. The number of ether oxygens (including phenoxy) is 1. The molecule has 1 aromatic heterocycles. The molecule has 0 spiro atoms. The first-order valence-electron chi connectivity index (χ1n) is 16.6. The van der Waals surface area contributed by atoms with Gasteiger partial charge in [0.05, 0.1) is 12.6 Å². The highest BCUT2D eigenvalue weighted by molar-refractivity contribution is 5.95. The third kappa shape index (κ3) is 8.19. The molecule has 5 unspecified atom stereocenters. The van der Waals surface area contributed by atoms with Crippen molar-refractivity contribution in [2.75, 3.05) is 7.11 Å². The third-order valence-electron chi connectivity index (χ3n) is 9.54. The summed E-state index contributed by atoms with van der Waals surface area (Å²) in [6, 6.07) is 3.76. The highest BCUT2D eigenvalue weighted by atomic mass is 16.5. The van der Waals surface area contributed by atoms with E-state index in [1.165, 1.54) is 11.7 Å². The van der Waals surface area contributed by atoms with Crippen molar-refractivity contribution in [3.8, 4) is 0 Å². The number of unbranched alkanes of at least 4 members (excludes halogenated alkanes) is 1. The Bertz CT molecular complexity index is 1390. The Hall–Kier alpha value is -4.09. The van der Waals surface area contributed by atoms with Gasteiger partial charge >= 0.3 is 18.1 Å². The third-order valence-corrected chi connectivity index (χ3v) is 9.54. The molecule has 12 heteroatoms. The zero-order chi connectivity index (χ0) is 33.4. The van der Waals surface area contributed by atoms with E-state index in [9.17, 15) is 29.1 Å². The zero-order valence-corrected chi connectivity index (χ0v) is 27.4. The summed E-state index contributed by atoms with van der Waals surface area (Å²) in [4.78, 5) is 67.9. The molecule has 5 atom stereocenters. The first-order valence-corrected chi connectivity index (χ1v) is 16.6. The molecule has 4 amide bonds. The number of carboxylic acids is 1. The second-order valence-electron chi connectivity index (χ2n) is 12.8. The van der Waals surface area contributed by atoms with Crippen LogP contribution in [0, 0.1) is 5.92 Å². The molecule has 252 valence electrons. The van der Waals surface area contributed by atoms with Crippen LogP contribution >= 0.6 is 0 Å². The average molecular weight is 640 g/mol. The fraction of sp³-hybridized carbons (Fsp3) is 0.618. The molecular formula is C34H49N5O7. The maximum atomic E-state index is 14.1. The molecule has 0 bridgehead atoms. The largest absolute Gasteiger partial charge is 0.480 e. The molecule has 4 N–H and O–H groups in total. The molecule has 0 radical (unpaired) electrons. The Balaban J connectivity index is 1.64. The van der Waals surface area contributed by atoms with Crippen LogP contribution in [0.3, 0.4) is 0 Å². The van der Waals surface area contributed by atoms with Gasteiger partial charge in [0.15, 0.2) is 0 Å². The number of nitrogens with one attached hydrogen (secondary N) is 3. The van der Waals surface area contributed by atoms with Gasteiger partial charge in [-0.2, -0.15) is 0 Å². The Morgan fingerprint density at radius 2 is 1.57 bits per heavy atom. The van der Waals surface area contributed by atoms with Crippen LogP contribution in [0.1, 0.15) is 90.5 Å². The fourth-order valence-electron chi connectivity index (χ4n) is 7.01. The molecule has 1 saturated heterocycles. The van der Waals surface area contributed by atoms with Crippen LogP contribution in [0.15, 0.2) is 30.5 Å². The number of amides is 4. The highest BCUT2D eigenvalue weighted by Gasteiger charge is 2.38. The van der Waals surface area contributed by atoms with E-state index < -0.39 is 42.0 Å². The molecule has 2 aliphatic rings. The Kier molecular flexibility index (Phi) is 12.1. The van der Waals surface area contributed by atoms with Crippen molar-refractivity contribution < 1.29 is 33.8 Å². The second-order valence-corrected chi connectivity index (χ2v) is 12.8. The molecular weight excluding hydrogens is 590 g/mol. The van der Waals surface area contributed by atoms with Crippen LogP contribution in [-0.4, -0.2) is 81.8 Å². The van der Waals surface area contributed by atoms with Crippen molar-refractivity contribution in [2.45, 2.75) is 122 Å². The van der Waals surface area contributed by atoms with Crippen LogP contribution in [0.4, 0.5) is 9.59 Å². The number of carbonyl (C=O) groups excluding carboxylic acids is 4. The minimum atomic E-state index is -1.18. The minimum absolute atomic E-state index is 0.0201. The summed E-state index contributed by atoms with van der Waals surface area (Å²) in [5.41, 5.74) is 1.17. The summed E-state index contributed by atoms with van der Waals surface area (Å²) in [5, 5.41) is 19.1. The second kappa shape index (κ2) is 16.0. The smallest absolute Gasteiger partial charge is 0.418 e. The predicted molar refractivity (Wildman–Crippen MR) is 173 cm³/mol. The number of nitrogens with zero attached hydrogens (tertiary/aromatic N) is 2. The van der Waals surface area contributed by atoms with E-state index in [1.54, 1.807) is 24.4 Å². The molecule has 1 aliphatic heterocycles. The number of likely N-dealkylation sites (tertiary alicyclic amines) is 1. The van der Waals surface area contributed by atoms with Gasteiger partial charge in [-0.05, 0) is 69.9 Å². The zero-order valence-electron chi connectivity index (χ0n) is 27.4. The monoisotopic (exact) mass is 639 g/mol. The molecule has 2 aromatic rings. The number of methoxy groups -OCH3 is 1. The topological polar surface area (TPSA) is 159 Å². The van der Waals surface area contributed by atoms with Gasteiger partial charge in [0, 0.05) is 30.1 Å². The molecule has 4 rings (SSSR count). The number of aliphatic carboxylic acids is 1. The lowest BCUT2D eigenvalue weighted by molar-refractivity contribution is -0.142. The van der Waals surface area contributed by atoms with Crippen LogP contribution in [-0.2, 0) is 25.5 Å². The maximum Gasteiger partial charge on any atom is 0.418 e. The first-order chi connectivity index (χ1) is 22.0. The fourth-order valence-corrected chi connectivity index (χ4v) is 7.01. The standard InChI is InChI=1S/C34H49N5O7/c1-5-6-17-26(32(42)43)35-30(40)27(19-24-20-38(34(45)46-4)28-18-10-9-16-25(24)28)36-31(41)29(23-14-7-8-15-23)37-33(44)39-21(2)12-11-13-22(39)3/h9-10,16,18,20-23,26-27,29H,5-8,11-15,17,19H2,1-4H3,(H,35,40)(H,36,41)(H,37,44)(H,42,43). The number of piperidine rings is 1. The first kappa shape index (κ1) is 34.8. The van der Waals surface area contributed by atoms with Crippen molar-refractivity contribution in [3.63, 3.8) is 0 Å². The number of para-hydroxylation sites is 1. The van der Waals surface area contributed by atoms with Gasteiger partial charge in [0.25, 0.3) is 0 Å². The highest BCUT2D eigenvalue weighted by Crippen LogP contribution is 2.30. The van der Waals surface area contributed by atoms with E-state index in [0.29, 0.717) is 22.9 Å². The number of fused-ring (bicyclic) bond motifs is 1. The van der Waals surface area contributed by atoms with E-state index in [4.69, 9.17) is 4.74 Å². The molecule has 1 aromatic carbocycles. The van der Waals surface area contributed by atoms with E-state index >= 15 is 0 Å². The van der Waals surface area contributed by atoms with Crippen molar-refractivity contribution in [2.24, 2.45) is 5.92 Å². The molecule has 46 heavy (non-hydrogen) atoms. The van der Waals surface area contributed by atoms with Gasteiger partial charge in [0.1, 0.15) is 18.1 Å². The van der Waals surface area contributed by atoms with Crippen molar-refractivity contribution >= 4 is 40.8 Å². The Morgan fingerprint density at radius 3 is 2.20 bits per heavy atom. The van der Waals surface area contributed by atoms with E-state index in [2.05, 4.69) is 16.0 Å². The van der Waals surface area contributed by atoms with Crippen molar-refractivity contribution in [1.82, 2.24) is 25.4 Å². The van der Waals surface area contributed by atoms with Crippen molar-refractivity contribution in [1.29, 1.82) is 0 Å². The number of rotatable bonds is 12. The Morgan fingerprint density at radius 1 is 0.913 bits per heavy atom. The van der Waals surface area contributed by atoms with Gasteiger partial charge in [0.2, 0.25) is 11.8 Å². The molecule has 1 saturated carbocycles. The van der Waals surface area contributed by atoms with Crippen LogP contribution < -0.4 is 16.0 Å². The van der Waals surface area contributed by atoms with E-state index in [-0.39, 0.29) is 36.9 Å². The van der Waals surface area contributed by atoms with Gasteiger partial charge in [-0.25, -0.2) is 14.4 Å². The van der Waals surface area contributed by atoms with Gasteiger partial charge < -0.3 is 30.7 Å². The van der Waals surface area contributed by atoms with Gasteiger partial charge in [-0.15, -0.1) is 0 Å². The SMILES string of the molecule is CCCCC(NC(=O)C(Cc1cn(C(=O)OC)c2ccccc12)NC(=O)C(NC(=O)N1C(C)CCCC1C)C1CCCC1)C(=O)O. The lowest BCUT2D eigenvalue weighted by Gasteiger charge is -2.40. The van der Waals surface area contributed by atoms with Crippen LogP contribution in [0.2, 0.25) is 0 Å². The number of aromatic nitrogens is 1. The van der Waals surface area contributed by atoms with Gasteiger partial charge in [-0.3, -0.25) is 14.2 Å². The number of hydrogen-bond acceptors (Lipinski definition) is 6. The molecule has 2 heterocycles. The van der Waals surface area contributed by atoms with E-state index in [1.807, 2.05) is 31.7 Å². The lowest BCUT2D eigenvalue weighted by Crippen LogP contribution is -2.60.